The molecule has 2 fully saturated rings. The predicted molar refractivity (Wildman–Crippen MR) is 70.0 cm³/mol. The SMILES string of the molecule is C=CCS(=O)[C@@H]1[C@H](C)[C@@]2(O)C(=O)OC[C@@H](O)[C@H]2S1=O. The molecule has 2 heterocycles. The number of fused-ring (bicyclic) bond motifs is 1. The molecule has 8 heteroatoms. The Hall–Kier alpha value is -0.570. The van der Waals surface area contributed by atoms with Gasteiger partial charge in [0.2, 0.25) is 0 Å². The molecule has 0 amide bonds. The third-order valence-electron chi connectivity index (χ3n) is 3.62. The molecule has 2 saturated heterocycles. The maximum atomic E-state index is 12.4. The Morgan fingerprint density at radius 1 is 1.68 bits per heavy atom. The largest absolute Gasteiger partial charge is 0.461 e. The summed E-state index contributed by atoms with van der Waals surface area (Å²) in [4.78, 5) is 11.8. The van der Waals surface area contributed by atoms with Gasteiger partial charge in [-0.25, -0.2) is 4.79 Å². The highest BCUT2D eigenvalue weighted by molar-refractivity contribution is 8.03. The van der Waals surface area contributed by atoms with Gasteiger partial charge in [0.05, 0.1) is 0 Å². The van der Waals surface area contributed by atoms with Gasteiger partial charge in [-0.3, -0.25) is 8.42 Å². The average molecular weight is 308 g/mol. The van der Waals surface area contributed by atoms with Crippen molar-refractivity contribution in [3.05, 3.63) is 12.7 Å². The second-order valence-corrected chi connectivity index (χ2v) is 8.31. The van der Waals surface area contributed by atoms with Gasteiger partial charge in [-0.15, -0.1) is 6.58 Å². The molecule has 2 unspecified atom stereocenters. The zero-order valence-corrected chi connectivity index (χ0v) is 12.0. The lowest BCUT2D eigenvalue weighted by atomic mass is 9.83. The van der Waals surface area contributed by atoms with Crippen molar-refractivity contribution in [2.45, 2.75) is 28.5 Å². The standard InChI is InChI=1S/C11H16O6S2/c1-3-4-18(15)9-6(2)11(14)8(19(9)16)7(12)5-17-10(11)13/h3,6-9,12,14H,1,4-5H2,2H3/t6-,7+,8+,9-,11-,18?,19?/m0/s1. The van der Waals surface area contributed by atoms with Gasteiger partial charge in [0.1, 0.15) is 22.5 Å². The highest BCUT2D eigenvalue weighted by atomic mass is 32.2. The second kappa shape index (κ2) is 5.08. The van der Waals surface area contributed by atoms with Crippen molar-refractivity contribution in [3.8, 4) is 0 Å². The molecule has 0 aromatic carbocycles. The number of aliphatic hydroxyl groups excluding tert-OH is 1. The van der Waals surface area contributed by atoms with Crippen LogP contribution in [0.1, 0.15) is 6.92 Å². The van der Waals surface area contributed by atoms with Crippen molar-refractivity contribution in [1.29, 1.82) is 0 Å². The Morgan fingerprint density at radius 3 is 2.84 bits per heavy atom. The Balaban J connectivity index is 2.43. The molecule has 0 aromatic rings. The molecular formula is C11H16O6S2. The minimum absolute atomic E-state index is 0.120. The third-order valence-corrected chi connectivity index (χ3v) is 8.36. The number of aliphatic hydroxyl groups is 2. The first-order valence-corrected chi connectivity index (χ1v) is 8.46. The molecule has 2 rings (SSSR count). The monoisotopic (exact) mass is 308 g/mol. The van der Waals surface area contributed by atoms with Crippen LogP contribution in [0.25, 0.3) is 0 Å². The van der Waals surface area contributed by atoms with Gasteiger partial charge < -0.3 is 14.9 Å². The smallest absolute Gasteiger partial charge is 0.339 e. The molecule has 7 atom stereocenters. The number of carbonyl (C=O) groups is 1. The van der Waals surface area contributed by atoms with Crippen LogP contribution in [0, 0.1) is 5.92 Å². The summed E-state index contributed by atoms with van der Waals surface area (Å²) in [5.41, 5.74) is -2.04. The summed E-state index contributed by atoms with van der Waals surface area (Å²) in [6.07, 6.45) is 0.220. The first kappa shape index (κ1) is 14.8. The van der Waals surface area contributed by atoms with Gasteiger partial charge in [0.25, 0.3) is 0 Å². The number of rotatable bonds is 3. The van der Waals surface area contributed by atoms with Crippen molar-refractivity contribution < 1.29 is 28.2 Å². The van der Waals surface area contributed by atoms with Crippen LogP contribution in [0.4, 0.5) is 0 Å². The lowest BCUT2D eigenvalue weighted by molar-refractivity contribution is -0.187. The van der Waals surface area contributed by atoms with Gasteiger partial charge in [-0.2, -0.15) is 0 Å². The van der Waals surface area contributed by atoms with Crippen LogP contribution in [0.3, 0.4) is 0 Å². The van der Waals surface area contributed by atoms with E-state index in [1.807, 2.05) is 0 Å². The van der Waals surface area contributed by atoms with E-state index in [9.17, 15) is 23.4 Å². The van der Waals surface area contributed by atoms with Gasteiger partial charge in [-0.1, -0.05) is 13.0 Å². The number of cyclic esters (lactones) is 1. The number of ether oxygens (including phenoxy) is 1. The molecule has 0 spiro atoms. The van der Waals surface area contributed by atoms with Crippen molar-refractivity contribution in [2.24, 2.45) is 5.92 Å². The molecule has 108 valence electrons. The zero-order chi connectivity index (χ0) is 14.4. The van der Waals surface area contributed by atoms with E-state index in [1.54, 1.807) is 0 Å². The molecule has 2 aliphatic heterocycles. The number of esters is 1. The lowest BCUT2D eigenvalue weighted by Crippen LogP contribution is -2.61. The Morgan fingerprint density at radius 2 is 2.32 bits per heavy atom. The van der Waals surface area contributed by atoms with E-state index in [-0.39, 0.29) is 12.4 Å². The average Bonchev–Trinajstić information content (AvgIpc) is 2.55. The van der Waals surface area contributed by atoms with Gasteiger partial charge in [0, 0.05) is 33.3 Å². The molecule has 0 bridgehead atoms. The van der Waals surface area contributed by atoms with Gasteiger partial charge >= 0.3 is 5.97 Å². The summed E-state index contributed by atoms with van der Waals surface area (Å²) in [6, 6.07) is 0. The van der Waals surface area contributed by atoms with Crippen LogP contribution in [0.15, 0.2) is 12.7 Å². The van der Waals surface area contributed by atoms with Gasteiger partial charge in [0.15, 0.2) is 5.60 Å². The van der Waals surface area contributed by atoms with Crippen molar-refractivity contribution >= 4 is 27.6 Å². The van der Waals surface area contributed by atoms with Crippen molar-refractivity contribution in [1.82, 2.24) is 0 Å². The minimum Gasteiger partial charge on any atom is -0.461 e. The summed E-state index contributed by atoms with van der Waals surface area (Å²) in [5.74, 6) is -1.60. The fourth-order valence-electron chi connectivity index (χ4n) is 2.65. The molecule has 19 heavy (non-hydrogen) atoms. The predicted octanol–water partition coefficient (Wildman–Crippen LogP) is -1.34. The van der Waals surface area contributed by atoms with Crippen LogP contribution < -0.4 is 0 Å². The van der Waals surface area contributed by atoms with E-state index in [1.165, 1.54) is 13.0 Å². The number of hydrogen-bond acceptors (Lipinski definition) is 6. The van der Waals surface area contributed by atoms with Crippen LogP contribution >= 0.6 is 0 Å². The number of hydrogen-bond donors (Lipinski definition) is 2. The maximum absolute atomic E-state index is 12.4. The fourth-order valence-corrected chi connectivity index (χ4v) is 7.13. The molecular weight excluding hydrogens is 292 g/mol. The molecule has 2 N–H and O–H groups in total. The third kappa shape index (κ3) is 2.01. The van der Waals surface area contributed by atoms with E-state index in [2.05, 4.69) is 6.58 Å². The summed E-state index contributed by atoms with van der Waals surface area (Å²) in [5, 5.41) is 19.2. The van der Waals surface area contributed by atoms with Crippen LogP contribution in [0.5, 0.6) is 0 Å². The molecule has 0 aromatic heterocycles. The Bertz CT molecular complexity index is 464. The maximum Gasteiger partial charge on any atom is 0.339 e. The van der Waals surface area contributed by atoms with Crippen LogP contribution in [-0.4, -0.2) is 58.5 Å². The fraction of sp³-hybridized carbons (Fsp3) is 0.727. The highest BCUT2D eigenvalue weighted by Crippen LogP contribution is 2.44. The van der Waals surface area contributed by atoms with E-state index in [0.717, 1.165) is 0 Å². The van der Waals surface area contributed by atoms with E-state index in [0.29, 0.717) is 0 Å². The quantitative estimate of drug-likeness (QED) is 0.494. The summed E-state index contributed by atoms with van der Waals surface area (Å²) in [6.45, 7) is 4.67. The first-order valence-electron chi connectivity index (χ1n) is 5.80. The van der Waals surface area contributed by atoms with E-state index < -0.39 is 55.0 Å². The topological polar surface area (TPSA) is 101 Å². The normalized spacial score (nSPS) is 47.3. The van der Waals surface area contributed by atoms with Crippen LogP contribution in [-0.2, 0) is 31.1 Å². The summed E-state index contributed by atoms with van der Waals surface area (Å²) >= 11 is 0. The highest BCUT2D eigenvalue weighted by Gasteiger charge is 2.67. The molecule has 0 radical (unpaired) electrons. The summed E-state index contributed by atoms with van der Waals surface area (Å²) < 4.78 is 28.3. The van der Waals surface area contributed by atoms with E-state index >= 15 is 0 Å². The Kier molecular flexibility index (Phi) is 3.97. The first-order chi connectivity index (χ1) is 8.85. The van der Waals surface area contributed by atoms with Crippen molar-refractivity contribution in [2.75, 3.05) is 12.4 Å². The second-order valence-electron chi connectivity index (χ2n) is 4.73. The molecule has 6 nitrogen and oxygen atoms in total. The van der Waals surface area contributed by atoms with Crippen LogP contribution in [0.2, 0.25) is 0 Å². The molecule has 2 aliphatic rings. The zero-order valence-electron chi connectivity index (χ0n) is 10.4. The summed E-state index contributed by atoms with van der Waals surface area (Å²) in [7, 11) is -3.30. The van der Waals surface area contributed by atoms with Crippen molar-refractivity contribution in [3.63, 3.8) is 0 Å². The molecule has 0 saturated carbocycles. The molecule has 0 aliphatic carbocycles. The lowest BCUT2D eigenvalue weighted by Gasteiger charge is -2.36. The number of carbonyl (C=O) groups excluding carboxylic acids is 1. The minimum atomic E-state index is -2.04. The van der Waals surface area contributed by atoms with Gasteiger partial charge in [-0.05, 0) is 0 Å². The Labute approximate surface area is 115 Å². The van der Waals surface area contributed by atoms with E-state index in [4.69, 9.17) is 4.74 Å².